The van der Waals surface area contributed by atoms with Crippen molar-refractivity contribution >= 4 is 38.3 Å². The number of aromatic nitrogens is 1. The van der Waals surface area contributed by atoms with E-state index in [9.17, 15) is 13.2 Å². The lowest BCUT2D eigenvalue weighted by molar-refractivity contribution is 0.0697. The molecule has 0 radical (unpaired) electrons. The van der Waals surface area contributed by atoms with Gasteiger partial charge in [0.1, 0.15) is 5.15 Å². The minimum Gasteiger partial charge on any atom is -0.336 e. The van der Waals surface area contributed by atoms with Crippen LogP contribution in [0.2, 0.25) is 5.15 Å². The number of carbonyl (C=O) groups is 1. The summed E-state index contributed by atoms with van der Waals surface area (Å²) >= 11 is 5.76. The van der Waals surface area contributed by atoms with Crippen molar-refractivity contribution in [2.24, 2.45) is 0 Å². The summed E-state index contributed by atoms with van der Waals surface area (Å²) in [6.07, 6.45) is 1.43. The van der Waals surface area contributed by atoms with Crippen LogP contribution in [-0.2, 0) is 10.0 Å². The van der Waals surface area contributed by atoms with Crippen LogP contribution in [0.4, 0.5) is 0 Å². The lowest BCUT2D eigenvalue weighted by Crippen LogP contribution is -2.50. The molecular weight excluding hydrogens is 398 g/mol. The number of piperazine rings is 1. The first-order valence-electron chi connectivity index (χ1n) is 8.85. The lowest BCUT2D eigenvalue weighted by Gasteiger charge is -2.34. The van der Waals surface area contributed by atoms with Gasteiger partial charge in [0.2, 0.25) is 10.0 Å². The van der Waals surface area contributed by atoms with Crippen LogP contribution in [0.1, 0.15) is 10.4 Å². The third kappa shape index (κ3) is 3.61. The van der Waals surface area contributed by atoms with Crippen molar-refractivity contribution in [3.05, 3.63) is 71.5 Å². The summed E-state index contributed by atoms with van der Waals surface area (Å²) in [7, 11) is -3.61. The second-order valence-corrected chi connectivity index (χ2v) is 8.90. The number of amides is 1. The van der Waals surface area contributed by atoms with Gasteiger partial charge in [0.15, 0.2) is 0 Å². The van der Waals surface area contributed by atoms with Gasteiger partial charge in [0.05, 0.1) is 10.5 Å². The van der Waals surface area contributed by atoms with Crippen LogP contribution in [0.15, 0.2) is 65.7 Å². The molecule has 0 saturated carbocycles. The van der Waals surface area contributed by atoms with Crippen LogP contribution in [-0.4, -0.2) is 54.7 Å². The highest BCUT2D eigenvalue weighted by atomic mass is 35.5. The fourth-order valence-corrected chi connectivity index (χ4v) is 4.86. The molecule has 0 N–H and O–H groups in total. The first-order valence-corrected chi connectivity index (χ1v) is 10.7. The SMILES string of the molecule is O=C(c1ccc(Cl)nc1)N1CCN(S(=O)(=O)c2ccc3ccccc3c2)CC1. The van der Waals surface area contributed by atoms with Crippen molar-refractivity contribution in [1.29, 1.82) is 0 Å². The number of fused-ring (bicyclic) bond motifs is 1. The third-order valence-electron chi connectivity index (χ3n) is 4.86. The fraction of sp³-hybridized carbons (Fsp3) is 0.200. The van der Waals surface area contributed by atoms with Gasteiger partial charge in [-0.3, -0.25) is 4.79 Å². The molecule has 4 rings (SSSR count). The number of rotatable bonds is 3. The number of hydrogen-bond donors (Lipinski definition) is 0. The maximum Gasteiger partial charge on any atom is 0.255 e. The molecule has 1 amide bonds. The van der Waals surface area contributed by atoms with E-state index in [1.165, 1.54) is 10.5 Å². The Hall–Kier alpha value is -2.48. The number of pyridine rings is 1. The van der Waals surface area contributed by atoms with Crippen LogP contribution >= 0.6 is 11.6 Å². The second-order valence-electron chi connectivity index (χ2n) is 6.57. The molecule has 1 fully saturated rings. The van der Waals surface area contributed by atoms with E-state index in [0.29, 0.717) is 23.8 Å². The minimum absolute atomic E-state index is 0.174. The summed E-state index contributed by atoms with van der Waals surface area (Å²) in [6.45, 7) is 1.16. The van der Waals surface area contributed by atoms with E-state index < -0.39 is 10.0 Å². The molecule has 28 heavy (non-hydrogen) atoms. The monoisotopic (exact) mass is 415 g/mol. The van der Waals surface area contributed by atoms with Crippen LogP contribution < -0.4 is 0 Å². The number of benzene rings is 2. The Morgan fingerprint density at radius 2 is 1.64 bits per heavy atom. The summed E-state index contributed by atoms with van der Waals surface area (Å²) in [6, 6.07) is 16.0. The quantitative estimate of drug-likeness (QED) is 0.616. The molecule has 1 aliphatic rings. The predicted octanol–water partition coefficient (Wildman–Crippen LogP) is 3.03. The number of halogens is 1. The molecule has 0 atom stereocenters. The Morgan fingerprint density at radius 3 is 2.32 bits per heavy atom. The molecule has 6 nitrogen and oxygen atoms in total. The van der Waals surface area contributed by atoms with E-state index in [4.69, 9.17) is 11.6 Å². The average Bonchev–Trinajstić information content (AvgIpc) is 2.73. The predicted molar refractivity (Wildman–Crippen MR) is 108 cm³/mol. The van der Waals surface area contributed by atoms with Crippen LogP contribution in [0.3, 0.4) is 0 Å². The Bertz CT molecular complexity index is 1120. The third-order valence-corrected chi connectivity index (χ3v) is 6.98. The van der Waals surface area contributed by atoms with Crippen molar-refractivity contribution in [2.45, 2.75) is 4.90 Å². The fourth-order valence-electron chi connectivity index (χ4n) is 3.29. The lowest BCUT2D eigenvalue weighted by atomic mass is 10.1. The van der Waals surface area contributed by atoms with E-state index in [0.717, 1.165) is 10.8 Å². The van der Waals surface area contributed by atoms with Crippen molar-refractivity contribution < 1.29 is 13.2 Å². The highest BCUT2D eigenvalue weighted by Gasteiger charge is 2.30. The molecule has 2 aromatic carbocycles. The largest absolute Gasteiger partial charge is 0.336 e. The zero-order valence-corrected chi connectivity index (χ0v) is 16.5. The smallest absolute Gasteiger partial charge is 0.255 e. The van der Waals surface area contributed by atoms with Gasteiger partial charge in [-0.15, -0.1) is 0 Å². The Balaban J connectivity index is 1.49. The topological polar surface area (TPSA) is 70.6 Å². The molecule has 2 heterocycles. The summed E-state index contributed by atoms with van der Waals surface area (Å²) in [5.74, 6) is -0.174. The molecule has 1 aliphatic heterocycles. The summed E-state index contributed by atoms with van der Waals surface area (Å²) < 4.78 is 27.5. The standard InChI is InChI=1S/C20H18ClN3O3S/c21-19-8-6-17(14-22-19)20(25)23-9-11-24(12-10-23)28(26,27)18-7-5-15-3-1-2-4-16(15)13-18/h1-8,13-14H,9-12H2. The van der Waals surface area contributed by atoms with E-state index in [-0.39, 0.29) is 23.9 Å². The van der Waals surface area contributed by atoms with Gasteiger partial charge in [0, 0.05) is 32.4 Å². The number of nitrogens with zero attached hydrogens (tertiary/aromatic N) is 3. The normalized spacial score (nSPS) is 15.7. The summed E-state index contributed by atoms with van der Waals surface area (Å²) in [5.41, 5.74) is 0.440. The highest BCUT2D eigenvalue weighted by Crippen LogP contribution is 2.23. The highest BCUT2D eigenvalue weighted by molar-refractivity contribution is 7.89. The van der Waals surface area contributed by atoms with Crippen molar-refractivity contribution in [3.63, 3.8) is 0 Å². The van der Waals surface area contributed by atoms with Crippen LogP contribution in [0, 0.1) is 0 Å². The van der Waals surface area contributed by atoms with Gasteiger partial charge in [-0.1, -0.05) is 41.9 Å². The summed E-state index contributed by atoms with van der Waals surface area (Å²) in [4.78, 5) is 18.4. The van der Waals surface area contributed by atoms with E-state index in [2.05, 4.69) is 4.98 Å². The van der Waals surface area contributed by atoms with Gasteiger partial charge in [-0.05, 0) is 35.0 Å². The molecule has 1 saturated heterocycles. The molecule has 144 valence electrons. The average molecular weight is 416 g/mol. The Kier molecular flexibility index (Phi) is 5.05. The molecule has 8 heteroatoms. The maximum absolute atomic E-state index is 13.0. The van der Waals surface area contributed by atoms with Gasteiger partial charge in [0.25, 0.3) is 5.91 Å². The number of hydrogen-bond acceptors (Lipinski definition) is 4. The molecule has 1 aromatic heterocycles. The van der Waals surface area contributed by atoms with Gasteiger partial charge < -0.3 is 4.90 Å². The van der Waals surface area contributed by atoms with E-state index in [1.807, 2.05) is 30.3 Å². The molecular formula is C20H18ClN3O3S. The molecule has 0 unspecified atom stereocenters. The number of carbonyl (C=O) groups excluding carboxylic acids is 1. The van der Waals surface area contributed by atoms with Crippen LogP contribution in [0.5, 0.6) is 0 Å². The Labute approximate surface area is 168 Å². The van der Waals surface area contributed by atoms with E-state index >= 15 is 0 Å². The Morgan fingerprint density at radius 1 is 0.929 bits per heavy atom. The first-order chi connectivity index (χ1) is 13.4. The van der Waals surface area contributed by atoms with Crippen molar-refractivity contribution in [3.8, 4) is 0 Å². The first kappa shape index (κ1) is 18.9. The molecule has 0 bridgehead atoms. The number of sulfonamides is 1. The van der Waals surface area contributed by atoms with Gasteiger partial charge >= 0.3 is 0 Å². The van der Waals surface area contributed by atoms with Crippen LogP contribution in [0.25, 0.3) is 10.8 Å². The molecule has 3 aromatic rings. The second kappa shape index (κ2) is 7.50. The van der Waals surface area contributed by atoms with Gasteiger partial charge in [-0.2, -0.15) is 4.31 Å². The maximum atomic E-state index is 13.0. The minimum atomic E-state index is -3.61. The summed E-state index contributed by atoms with van der Waals surface area (Å²) in [5, 5.41) is 2.20. The zero-order valence-electron chi connectivity index (χ0n) is 15.0. The van der Waals surface area contributed by atoms with E-state index in [1.54, 1.807) is 29.2 Å². The molecule has 0 spiro atoms. The molecule has 0 aliphatic carbocycles. The van der Waals surface area contributed by atoms with Crippen molar-refractivity contribution in [2.75, 3.05) is 26.2 Å². The van der Waals surface area contributed by atoms with Gasteiger partial charge in [-0.25, -0.2) is 13.4 Å². The zero-order chi connectivity index (χ0) is 19.7. The van der Waals surface area contributed by atoms with Crippen molar-refractivity contribution in [1.82, 2.24) is 14.2 Å².